The maximum Gasteiger partial charge on any atom is 0.229 e. The van der Waals surface area contributed by atoms with E-state index < -0.39 is 0 Å². The average molecular weight is 429 g/mol. The Morgan fingerprint density at radius 3 is 2.57 bits per heavy atom. The predicted molar refractivity (Wildman–Crippen MR) is 120 cm³/mol. The summed E-state index contributed by atoms with van der Waals surface area (Å²) >= 11 is 1.67. The van der Waals surface area contributed by atoms with Crippen molar-refractivity contribution >= 4 is 23.2 Å². The van der Waals surface area contributed by atoms with Crippen LogP contribution in [-0.2, 0) is 19.7 Å². The third kappa shape index (κ3) is 5.80. The molecular formula is C21H28N6O2S. The minimum atomic E-state index is 0.230. The molecule has 2 heterocycles. The van der Waals surface area contributed by atoms with E-state index in [1.807, 2.05) is 42.6 Å². The molecular weight excluding hydrogens is 400 g/mol. The third-order valence-electron chi connectivity index (χ3n) is 4.48. The molecule has 1 aromatic carbocycles. The number of aromatic nitrogens is 3. The average Bonchev–Trinajstić information content (AvgIpc) is 3.25. The number of hydrogen-bond donors (Lipinski definition) is 1. The Bertz CT molecular complexity index is 949. The van der Waals surface area contributed by atoms with Crippen molar-refractivity contribution < 1.29 is 9.47 Å². The molecule has 30 heavy (non-hydrogen) atoms. The number of benzene rings is 1. The van der Waals surface area contributed by atoms with Crippen LogP contribution in [-0.4, -0.2) is 47.6 Å². The van der Waals surface area contributed by atoms with Crippen LogP contribution in [0.3, 0.4) is 0 Å². The molecule has 2 aromatic heterocycles. The molecule has 0 saturated heterocycles. The molecule has 160 valence electrons. The smallest absolute Gasteiger partial charge is 0.229 e. The fraction of sp³-hybridized carbons (Fsp3) is 0.381. The fourth-order valence-corrected chi connectivity index (χ4v) is 3.52. The number of rotatable bonds is 10. The lowest BCUT2D eigenvalue weighted by atomic mass is 10.2. The molecule has 0 aliphatic rings. The molecule has 0 saturated carbocycles. The van der Waals surface area contributed by atoms with Crippen molar-refractivity contribution in [2.24, 2.45) is 0 Å². The number of hydrogen-bond acceptors (Lipinski definition) is 9. The van der Waals surface area contributed by atoms with Gasteiger partial charge in [-0.25, -0.2) is 0 Å². The Balaban J connectivity index is 1.69. The normalized spacial score (nSPS) is 11.0. The van der Waals surface area contributed by atoms with Crippen LogP contribution in [0.25, 0.3) is 0 Å². The van der Waals surface area contributed by atoms with Crippen LogP contribution in [0.1, 0.15) is 23.2 Å². The maximum absolute atomic E-state index is 5.93. The summed E-state index contributed by atoms with van der Waals surface area (Å²) in [5.41, 5.74) is 6.97. The Hall–Kier alpha value is -2.91. The molecule has 0 aliphatic carbocycles. The minimum absolute atomic E-state index is 0.230. The van der Waals surface area contributed by atoms with Crippen molar-refractivity contribution in [3.63, 3.8) is 0 Å². The van der Waals surface area contributed by atoms with E-state index in [-0.39, 0.29) is 5.95 Å². The largest absolute Gasteiger partial charge is 0.493 e. The van der Waals surface area contributed by atoms with E-state index in [9.17, 15) is 0 Å². The number of nitrogens with zero attached hydrogens (tertiary/aromatic N) is 5. The van der Waals surface area contributed by atoms with Crippen LogP contribution >= 0.6 is 11.3 Å². The number of nitrogens with two attached hydrogens (primary N) is 1. The molecule has 0 bridgehead atoms. The first-order valence-electron chi connectivity index (χ1n) is 9.70. The third-order valence-corrected chi connectivity index (χ3v) is 5.33. The van der Waals surface area contributed by atoms with Gasteiger partial charge in [0, 0.05) is 25.5 Å². The quantitative estimate of drug-likeness (QED) is 0.527. The van der Waals surface area contributed by atoms with E-state index in [0.29, 0.717) is 24.9 Å². The van der Waals surface area contributed by atoms with Gasteiger partial charge in [0.2, 0.25) is 11.9 Å². The van der Waals surface area contributed by atoms with Gasteiger partial charge in [-0.1, -0.05) is 19.1 Å². The molecule has 0 spiro atoms. The topological polar surface area (TPSA) is 89.6 Å². The zero-order valence-electron chi connectivity index (χ0n) is 17.8. The van der Waals surface area contributed by atoms with E-state index in [1.54, 1.807) is 18.4 Å². The van der Waals surface area contributed by atoms with E-state index in [2.05, 4.69) is 38.9 Å². The van der Waals surface area contributed by atoms with E-state index in [0.717, 1.165) is 30.2 Å². The molecule has 0 radical (unpaired) electrons. The monoisotopic (exact) mass is 428 g/mol. The summed E-state index contributed by atoms with van der Waals surface area (Å²) in [6.45, 7) is 4.77. The van der Waals surface area contributed by atoms with Crippen molar-refractivity contribution in [2.45, 2.75) is 26.6 Å². The highest BCUT2D eigenvalue weighted by molar-refractivity contribution is 7.09. The zero-order chi connectivity index (χ0) is 21.5. The summed E-state index contributed by atoms with van der Waals surface area (Å²) in [7, 11) is 5.42. The minimum Gasteiger partial charge on any atom is -0.493 e. The van der Waals surface area contributed by atoms with Crippen LogP contribution in [0.2, 0.25) is 0 Å². The van der Waals surface area contributed by atoms with Crippen LogP contribution in [0.5, 0.6) is 11.5 Å². The van der Waals surface area contributed by atoms with E-state index >= 15 is 0 Å². The summed E-state index contributed by atoms with van der Waals surface area (Å²) in [5.74, 6) is 2.89. The van der Waals surface area contributed by atoms with Gasteiger partial charge in [0.15, 0.2) is 11.5 Å². The molecule has 8 nitrogen and oxygen atoms in total. The zero-order valence-corrected chi connectivity index (χ0v) is 18.6. The molecule has 0 unspecified atom stereocenters. The van der Waals surface area contributed by atoms with Crippen LogP contribution in [0, 0.1) is 0 Å². The highest BCUT2D eigenvalue weighted by Crippen LogP contribution is 2.30. The first-order valence-corrected chi connectivity index (χ1v) is 10.6. The van der Waals surface area contributed by atoms with Gasteiger partial charge in [-0.05, 0) is 35.7 Å². The number of ether oxygens (including phenoxy) is 2. The standard InChI is InChI=1S/C21H28N6O2S/c1-5-27(13-19-23-20(22)25-21(24-19)26(2)3)12-15-8-9-17(18(11-15)28-4)29-14-16-7-6-10-30-16/h6-11H,5,12-14H2,1-4H3,(H2,22,23,24,25). The van der Waals surface area contributed by atoms with Gasteiger partial charge < -0.3 is 20.1 Å². The highest BCUT2D eigenvalue weighted by atomic mass is 32.1. The summed E-state index contributed by atoms with van der Waals surface area (Å²) in [5, 5.41) is 2.04. The van der Waals surface area contributed by atoms with E-state index in [1.165, 1.54) is 4.88 Å². The van der Waals surface area contributed by atoms with Gasteiger partial charge in [-0.3, -0.25) is 4.90 Å². The fourth-order valence-electron chi connectivity index (χ4n) is 2.91. The molecule has 0 amide bonds. The predicted octanol–water partition coefficient (Wildman–Crippen LogP) is 3.19. The number of nitrogen functional groups attached to an aromatic ring is 1. The number of thiophene rings is 1. The lowest BCUT2D eigenvalue weighted by Crippen LogP contribution is -2.25. The van der Waals surface area contributed by atoms with Crippen molar-refractivity contribution in [3.8, 4) is 11.5 Å². The van der Waals surface area contributed by atoms with Crippen molar-refractivity contribution in [3.05, 3.63) is 52.0 Å². The summed E-state index contributed by atoms with van der Waals surface area (Å²) < 4.78 is 11.5. The molecule has 2 N–H and O–H groups in total. The maximum atomic E-state index is 5.93. The van der Waals surface area contributed by atoms with Crippen molar-refractivity contribution in [2.75, 3.05) is 38.4 Å². The van der Waals surface area contributed by atoms with Crippen molar-refractivity contribution in [1.82, 2.24) is 19.9 Å². The number of methoxy groups -OCH3 is 1. The van der Waals surface area contributed by atoms with E-state index in [4.69, 9.17) is 15.2 Å². The second-order valence-corrected chi connectivity index (χ2v) is 7.99. The Labute approximate surface area is 181 Å². The van der Waals surface area contributed by atoms with Gasteiger partial charge in [0.25, 0.3) is 0 Å². The molecule has 0 fully saturated rings. The van der Waals surface area contributed by atoms with Crippen LogP contribution < -0.4 is 20.1 Å². The number of anilines is 2. The Morgan fingerprint density at radius 1 is 1.07 bits per heavy atom. The highest BCUT2D eigenvalue weighted by Gasteiger charge is 2.13. The molecule has 3 aromatic rings. The first kappa shape index (κ1) is 21.8. The van der Waals surface area contributed by atoms with Gasteiger partial charge >= 0.3 is 0 Å². The lowest BCUT2D eigenvalue weighted by Gasteiger charge is -2.21. The summed E-state index contributed by atoms with van der Waals surface area (Å²) in [4.78, 5) is 18.2. The van der Waals surface area contributed by atoms with Crippen LogP contribution in [0.15, 0.2) is 35.7 Å². The molecule has 0 atom stereocenters. The Morgan fingerprint density at radius 2 is 1.90 bits per heavy atom. The Kier molecular flexibility index (Phi) is 7.42. The molecule has 9 heteroatoms. The summed E-state index contributed by atoms with van der Waals surface area (Å²) in [6.07, 6.45) is 0. The lowest BCUT2D eigenvalue weighted by molar-refractivity contribution is 0.262. The van der Waals surface area contributed by atoms with Crippen LogP contribution in [0.4, 0.5) is 11.9 Å². The first-order chi connectivity index (χ1) is 14.5. The van der Waals surface area contributed by atoms with Gasteiger partial charge in [0.1, 0.15) is 12.4 Å². The molecule has 0 aliphatic heterocycles. The second-order valence-electron chi connectivity index (χ2n) is 6.96. The molecule has 3 rings (SSSR count). The SMILES string of the molecule is CCN(Cc1ccc(OCc2cccs2)c(OC)c1)Cc1nc(N)nc(N(C)C)n1. The van der Waals surface area contributed by atoms with Gasteiger partial charge in [-0.2, -0.15) is 15.0 Å². The van der Waals surface area contributed by atoms with Gasteiger partial charge in [0.05, 0.1) is 13.7 Å². The second kappa shape index (κ2) is 10.2. The van der Waals surface area contributed by atoms with Crippen molar-refractivity contribution in [1.29, 1.82) is 0 Å². The summed E-state index contributed by atoms with van der Waals surface area (Å²) in [6, 6.07) is 10.1. The van der Waals surface area contributed by atoms with Gasteiger partial charge in [-0.15, -0.1) is 11.3 Å².